The Hall–Kier alpha value is -1.40. The zero-order valence-corrected chi connectivity index (χ0v) is 44.7. The van der Waals surface area contributed by atoms with Crippen LogP contribution in [0.2, 0.25) is 0 Å². The molecule has 1 amide bonds. The maximum absolute atomic E-state index is 12.4. The van der Waals surface area contributed by atoms with Gasteiger partial charge in [0.05, 0.1) is 25.4 Å². The van der Waals surface area contributed by atoms with Crippen LogP contribution in [0.25, 0.3) is 0 Å². The Kier molecular flexibility index (Phi) is 55.0. The van der Waals surface area contributed by atoms with Crippen molar-refractivity contribution in [2.45, 2.75) is 347 Å². The van der Waals surface area contributed by atoms with Crippen molar-refractivity contribution in [1.29, 1.82) is 0 Å². The molecule has 66 heavy (non-hydrogen) atoms. The molecule has 0 radical (unpaired) electrons. The lowest BCUT2D eigenvalue weighted by Crippen LogP contribution is -2.45. The first-order valence-corrected chi connectivity index (χ1v) is 29.9. The smallest absolute Gasteiger partial charge is 0.305 e. The van der Waals surface area contributed by atoms with Gasteiger partial charge >= 0.3 is 5.97 Å². The SMILES string of the molecule is CCCCCCCCCCCCCCCCCCCCC(=O)OCCCCCCCCCCCC/C=C\CCCCCCCCCC(=O)NC(CO)C(O)CCCCCCCCCCCC. The van der Waals surface area contributed by atoms with E-state index in [1.165, 1.54) is 263 Å². The summed E-state index contributed by atoms with van der Waals surface area (Å²) in [5.74, 6) is -0.0303. The van der Waals surface area contributed by atoms with Gasteiger partial charge in [-0.1, -0.05) is 283 Å². The number of rotatable bonds is 56. The van der Waals surface area contributed by atoms with E-state index in [0.717, 1.165) is 38.5 Å². The lowest BCUT2D eigenvalue weighted by Gasteiger charge is -2.22. The van der Waals surface area contributed by atoms with Crippen LogP contribution in [-0.4, -0.2) is 47.4 Å². The summed E-state index contributed by atoms with van der Waals surface area (Å²) >= 11 is 0. The van der Waals surface area contributed by atoms with Crippen LogP contribution < -0.4 is 5.32 Å². The molecule has 0 aliphatic carbocycles. The molecule has 0 rings (SSSR count). The standard InChI is InChI=1S/C60H117NO5/c1-3-5-7-9-11-13-15-16-17-18-25-28-31-34-38-42-46-50-54-60(65)66-55-51-47-43-39-35-32-29-26-23-21-19-20-22-24-27-30-33-37-41-45-49-53-59(64)61-57(56-62)58(63)52-48-44-40-36-14-12-10-8-6-4-2/h20,22,57-58,62-63H,3-19,21,23-56H2,1-2H3,(H,61,64)/b22-20-. The highest BCUT2D eigenvalue weighted by atomic mass is 16.5. The Labute approximate surface area is 412 Å². The molecule has 0 fully saturated rings. The number of esters is 1. The van der Waals surface area contributed by atoms with Gasteiger partial charge in [-0.25, -0.2) is 0 Å². The highest BCUT2D eigenvalue weighted by Crippen LogP contribution is 2.17. The van der Waals surface area contributed by atoms with Crippen molar-refractivity contribution in [3.05, 3.63) is 12.2 Å². The molecule has 2 atom stereocenters. The average molecular weight is 933 g/mol. The fraction of sp³-hybridized carbons (Fsp3) is 0.933. The molecule has 0 aliphatic heterocycles. The van der Waals surface area contributed by atoms with Crippen molar-refractivity contribution in [2.24, 2.45) is 0 Å². The summed E-state index contributed by atoms with van der Waals surface area (Å²) in [5.41, 5.74) is 0. The number of aliphatic hydroxyl groups is 2. The summed E-state index contributed by atoms with van der Waals surface area (Å²) < 4.78 is 5.49. The molecule has 0 spiro atoms. The van der Waals surface area contributed by atoms with E-state index < -0.39 is 12.1 Å². The molecule has 0 aromatic heterocycles. The normalized spacial score (nSPS) is 12.6. The van der Waals surface area contributed by atoms with Gasteiger partial charge in [-0.2, -0.15) is 0 Å². The Morgan fingerprint density at radius 2 is 0.712 bits per heavy atom. The minimum Gasteiger partial charge on any atom is -0.466 e. The van der Waals surface area contributed by atoms with Crippen molar-refractivity contribution < 1.29 is 24.5 Å². The first kappa shape index (κ1) is 64.6. The number of carbonyl (C=O) groups is 2. The first-order valence-electron chi connectivity index (χ1n) is 29.9. The van der Waals surface area contributed by atoms with E-state index in [2.05, 4.69) is 31.3 Å². The summed E-state index contributed by atoms with van der Waals surface area (Å²) in [6.45, 7) is 4.95. The van der Waals surface area contributed by atoms with Crippen LogP contribution in [0.15, 0.2) is 12.2 Å². The van der Waals surface area contributed by atoms with Crippen molar-refractivity contribution >= 4 is 11.9 Å². The molecule has 0 aromatic rings. The summed E-state index contributed by atoms with van der Waals surface area (Å²) in [6, 6.07) is -0.544. The quantitative estimate of drug-likeness (QED) is 0.0321. The van der Waals surface area contributed by atoms with Gasteiger partial charge in [-0.3, -0.25) is 9.59 Å². The van der Waals surface area contributed by atoms with Crippen molar-refractivity contribution in [2.75, 3.05) is 13.2 Å². The Morgan fingerprint density at radius 1 is 0.409 bits per heavy atom. The molecule has 0 bridgehead atoms. The van der Waals surface area contributed by atoms with Gasteiger partial charge in [0.1, 0.15) is 0 Å². The highest BCUT2D eigenvalue weighted by molar-refractivity contribution is 5.76. The van der Waals surface area contributed by atoms with Gasteiger partial charge in [-0.15, -0.1) is 0 Å². The monoisotopic (exact) mass is 932 g/mol. The molecule has 3 N–H and O–H groups in total. The predicted octanol–water partition coefficient (Wildman–Crippen LogP) is 18.5. The predicted molar refractivity (Wildman–Crippen MR) is 287 cm³/mol. The number of carbonyl (C=O) groups excluding carboxylic acids is 2. The molecular weight excluding hydrogens is 815 g/mol. The van der Waals surface area contributed by atoms with Gasteiger partial charge in [0.2, 0.25) is 5.91 Å². The second-order valence-corrected chi connectivity index (χ2v) is 20.7. The second kappa shape index (κ2) is 56.2. The molecule has 392 valence electrons. The van der Waals surface area contributed by atoms with E-state index >= 15 is 0 Å². The lowest BCUT2D eigenvalue weighted by atomic mass is 10.0. The summed E-state index contributed by atoms with van der Waals surface area (Å²) in [4.78, 5) is 24.5. The van der Waals surface area contributed by atoms with Crippen LogP contribution in [-0.2, 0) is 14.3 Å². The number of unbranched alkanes of at least 4 members (excludes halogenated alkanes) is 43. The summed E-state index contributed by atoms with van der Waals surface area (Å²) in [7, 11) is 0. The van der Waals surface area contributed by atoms with Gasteiger partial charge in [-0.05, 0) is 51.4 Å². The molecule has 0 saturated heterocycles. The van der Waals surface area contributed by atoms with Crippen molar-refractivity contribution in [1.82, 2.24) is 5.32 Å². The van der Waals surface area contributed by atoms with Gasteiger partial charge < -0.3 is 20.3 Å². The van der Waals surface area contributed by atoms with Crippen LogP contribution in [0.4, 0.5) is 0 Å². The number of allylic oxidation sites excluding steroid dienone is 2. The molecule has 0 saturated carbocycles. The number of ether oxygens (including phenoxy) is 1. The summed E-state index contributed by atoms with van der Waals surface area (Å²) in [5, 5.41) is 23.1. The topological polar surface area (TPSA) is 95.9 Å². The Bertz CT molecular complexity index is 986. The molecule has 0 aliphatic rings. The van der Waals surface area contributed by atoms with E-state index in [4.69, 9.17) is 4.74 Å². The summed E-state index contributed by atoms with van der Waals surface area (Å²) in [6.07, 6.45) is 66.5. The molecule has 0 aromatic carbocycles. The number of aliphatic hydroxyl groups excluding tert-OH is 2. The van der Waals surface area contributed by atoms with Crippen LogP contribution in [0.5, 0.6) is 0 Å². The van der Waals surface area contributed by atoms with Gasteiger partial charge in [0, 0.05) is 12.8 Å². The molecule has 6 heteroatoms. The maximum atomic E-state index is 12.4. The van der Waals surface area contributed by atoms with Crippen LogP contribution in [0.1, 0.15) is 335 Å². The number of hydrogen-bond donors (Lipinski definition) is 3. The largest absolute Gasteiger partial charge is 0.466 e. The highest BCUT2D eigenvalue weighted by Gasteiger charge is 2.20. The lowest BCUT2D eigenvalue weighted by molar-refractivity contribution is -0.143. The van der Waals surface area contributed by atoms with E-state index in [1.54, 1.807) is 0 Å². The first-order chi connectivity index (χ1) is 32.5. The molecule has 0 heterocycles. The van der Waals surface area contributed by atoms with E-state index in [0.29, 0.717) is 25.9 Å². The minimum absolute atomic E-state index is 0.0130. The van der Waals surface area contributed by atoms with Gasteiger partial charge in [0.25, 0.3) is 0 Å². The number of hydrogen-bond acceptors (Lipinski definition) is 5. The third-order valence-corrected chi connectivity index (χ3v) is 14.1. The van der Waals surface area contributed by atoms with Gasteiger partial charge in [0.15, 0.2) is 0 Å². The van der Waals surface area contributed by atoms with Crippen molar-refractivity contribution in [3.8, 4) is 0 Å². The second-order valence-electron chi connectivity index (χ2n) is 20.7. The van der Waals surface area contributed by atoms with E-state index in [9.17, 15) is 19.8 Å². The van der Waals surface area contributed by atoms with Crippen molar-refractivity contribution in [3.63, 3.8) is 0 Å². The number of nitrogens with one attached hydrogen (secondary N) is 1. The zero-order valence-electron chi connectivity index (χ0n) is 44.7. The zero-order chi connectivity index (χ0) is 47.9. The van der Waals surface area contributed by atoms with Crippen LogP contribution in [0, 0.1) is 0 Å². The fourth-order valence-corrected chi connectivity index (χ4v) is 9.46. The molecule has 2 unspecified atom stereocenters. The number of amides is 1. The van der Waals surface area contributed by atoms with Crippen LogP contribution in [0.3, 0.4) is 0 Å². The van der Waals surface area contributed by atoms with E-state index in [-0.39, 0.29) is 18.5 Å². The Morgan fingerprint density at radius 3 is 1.08 bits per heavy atom. The fourth-order valence-electron chi connectivity index (χ4n) is 9.46. The maximum Gasteiger partial charge on any atom is 0.305 e. The Balaban J connectivity index is 3.37. The van der Waals surface area contributed by atoms with E-state index in [1.807, 2.05) is 0 Å². The third kappa shape index (κ3) is 52.0. The molecular formula is C60H117NO5. The minimum atomic E-state index is -0.666. The molecule has 6 nitrogen and oxygen atoms in total. The van der Waals surface area contributed by atoms with Crippen LogP contribution >= 0.6 is 0 Å². The third-order valence-electron chi connectivity index (χ3n) is 14.1. The average Bonchev–Trinajstić information content (AvgIpc) is 3.32.